The standard InChI is InChI=1S/C25H26ClN3O2/c1-2-17-6-3-4-7-21(17)24(31)18-9-10-23(19(14-18)16-30)29-13-11-20(15-29)28-25-22(26)8-5-12-27-25/h3-10,12,14,20,30H,2,11,13,15-16H2,1H3,(H,27,28)/t20-/m0/s1. The highest BCUT2D eigenvalue weighted by Gasteiger charge is 2.25. The van der Waals surface area contributed by atoms with Gasteiger partial charge in [0.05, 0.1) is 11.6 Å². The fourth-order valence-electron chi connectivity index (χ4n) is 4.15. The van der Waals surface area contributed by atoms with Crippen LogP contribution in [0, 0.1) is 0 Å². The molecule has 0 amide bonds. The number of ketones is 1. The number of benzene rings is 2. The van der Waals surface area contributed by atoms with E-state index in [2.05, 4.69) is 15.2 Å². The number of halogens is 1. The number of carbonyl (C=O) groups excluding carboxylic acids is 1. The van der Waals surface area contributed by atoms with Gasteiger partial charge in [-0.25, -0.2) is 4.98 Å². The molecule has 1 aliphatic heterocycles. The first-order valence-electron chi connectivity index (χ1n) is 10.6. The van der Waals surface area contributed by atoms with Crippen LogP contribution >= 0.6 is 11.6 Å². The Bertz CT molecular complexity index is 1090. The summed E-state index contributed by atoms with van der Waals surface area (Å²) >= 11 is 6.22. The number of nitrogens with one attached hydrogen (secondary N) is 1. The van der Waals surface area contributed by atoms with Crippen molar-refractivity contribution in [2.75, 3.05) is 23.3 Å². The molecule has 1 aliphatic rings. The predicted octanol–water partition coefficient (Wildman–Crippen LogP) is 4.71. The first-order valence-corrected chi connectivity index (χ1v) is 11.0. The Kier molecular flexibility index (Phi) is 6.54. The zero-order chi connectivity index (χ0) is 21.8. The molecule has 160 valence electrons. The maximum Gasteiger partial charge on any atom is 0.193 e. The van der Waals surface area contributed by atoms with E-state index in [4.69, 9.17) is 11.6 Å². The summed E-state index contributed by atoms with van der Waals surface area (Å²) in [7, 11) is 0. The number of hydrogen-bond acceptors (Lipinski definition) is 5. The van der Waals surface area contributed by atoms with E-state index in [1.54, 1.807) is 6.20 Å². The van der Waals surface area contributed by atoms with E-state index in [9.17, 15) is 9.90 Å². The largest absolute Gasteiger partial charge is 0.392 e. The molecule has 6 heteroatoms. The Hall–Kier alpha value is -2.89. The zero-order valence-electron chi connectivity index (χ0n) is 17.5. The van der Waals surface area contributed by atoms with Gasteiger partial charge in [0.15, 0.2) is 5.78 Å². The molecule has 3 aromatic rings. The van der Waals surface area contributed by atoms with Crippen LogP contribution in [-0.4, -0.2) is 35.0 Å². The first kappa shape index (κ1) is 21.3. The van der Waals surface area contributed by atoms with Gasteiger partial charge in [-0.05, 0) is 48.7 Å². The summed E-state index contributed by atoms with van der Waals surface area (Å²) in [5.74, 6) is 0.679. The van der Waals surface area contributed by atoms with Gasteiger partial charge in [0.1, 0.15) is 5.82 Å². The summed E-state index contributed by atoms with van der Waals surface area (Å²) in [4.78, 5) is 19.6. The molecule has 5 nitrogen and oxygen atoms in total. The molecule has 1 fully saturated rings. The van der Waals surface area contributed by atoms with Gasteiger partial charge < -0.3 is 15.3 Å². The van der Waals surface area contributed by atoms with Gasteiger partial charge in [0, 0.05) is 47.7 Å². The predicted molar refractivity (Wildman–Crippen MR) is 125 cm³/mol. The molecular formula is C25H26ClN3O2. The highest BCUT2D eigenvalue weighted by atomic mass is 35.5. The van der Waals surface area contributed by atoms with E-state index in [0.717, 1.165) is 48.3 Å². The minimum atomic E-state index is -0.119. The molecule has 1 atom stereocenters. The number of aliphatic hydroxyl groups is 1. The summed E-state index contributed by atoms with van der Waals surface area (Å²) in [6, 6.07) is 17.2. The lowest BCUT2D eigenvalue weighted by molar-refractivity contribution is 0.103. The number of aromatic nitrogens is 1. The van der Waals surface area contributed by atoms with Crippen LogP contribution in [0.15, 0.2) is 60.8 Å². The Morgan fingerprint density at radius 1 is 1.19 bits per heavy atom. The highest BCUT2D eigenvalue weighted by molar-refractivity contribution is 6.32. The molecule has 4 rings (SSSR count). The van der Waals surface area contributed by atoms with Gasteiger partial charge >= 0.3 is 0 Å². The Morgan fingerprint density at radius 2 is 2.03 bits per heavy atom. The van der Waals surface area contributed by atoms with Crippen molar-refractivity contribution in [3.05, 3.63) is 88.1 Å². The quantitative estimate of drug-likeness (QED) is 0.526. The van der Waals surface area contributed by atoms with Crippen molar-refractivity contribution in [2.24, 2.45) is 0 Å². The Labute approximate surface area is 187 Å². The smallest absolute Gasteiger partial charge is 0.193 e. The van der Waals surface area contributed by atoms with Crippen molar-refractivity contribution in [3.8, 4) is 0 Å². The molecule has 0 bridgehead atoms. The lowest BCUT2D eigenvalue weighted by Crippen LogP contribution is -2.27. The molecule has 0 spiro atoms. The van der Waals surface area contributed by atoms with Gasteiger partial charge in [0.25, 0.3) is 0 Å². The number of pyridine rings is 1. The van der Waals surface area contributed by atoms with E-state index in [1.165, 1.54) is 0 Å². The molecule has 1 aromatic heterocycles. The van der Waals surface area contributed by atoms with Crippen LogP contribution in [0.3, 0.4) is 0 Å². The molecule has 31 heavy (non-hydrogen) atoms. The monoisotopic (exact) mass is 435 g/mol. The number of nitrogens with zero attached hydrogens (tertiary/aromatic N) is 2. The third-order valence-corrected chi connectivity index (χ3v) is 6.09. The second-order valence-electron chi connectivity index (χ2n) is 7.75. The number of hydrogen-bond donors (Lipinski definition) is 2. The number of rotatable bonds is 7. The Balaban J connectivity index is 1.52. The van der Waals surface area contributed by atoms with E-state index >= 15 is 0 Å². The second-order valence-corrected chi connectivity index (χ2v) is 8.16. The summed E-state index contributed by atoms with van der Waals surface area (Å²) in [5, 5.41) is 14.0. The molecule has 0 radical (unpaired) electrons. The first-order chi connectivity index (χ1) is 15.1. The van der Waals surface area contributed by atoms with Crippen molar-refractivity contribution < 1.29 is 9.90 Å². The van der Waals surface area contributed by atoms with Gasteiger partial charge in [-0.1, -0.05) is 42.8 Å². The SMILES string of the molecule is CCc1ccccc1C(=O)c1ccc(N2CC[C@H](Nc3ncccc3Cl)C2)c(CO)c1. The van der Waals surface area contributed by atoms with Gasteiger partial charge in [-0.15, -0.1) is 0 Å². The van der Waals surface area contributed by atoms with Gasteiger partial charge in [0.2, 0.25) is 0 Å². The zero-order valence-corrected chi connectivity index (χ0v) is 18.3. The van der Waals surface area contributed by atoms with Crippen LogP contribution in [0.5, 0.6) is 0 Å². The topological polar surface area (TPSA) is 65.5 Å². The van der Waals surface area contributed by atoms with E-state index < -0.39 is 0 Å². The van der Waals surface area contributed by atoms with E-state index in [-0.39, 0.29) is 18.4 Å². The third-order valence-electron chi connectivity index (χ3n) is 5.78. The van der Waals surface area contributed by atoms with Gasteiger partial charge in [-0.3, -0.25) is 4.79 Å². The average Bonchev–Trinajstić information content (AvgIpc) is 3.28. The highest BCUT2D eigenvalue weighted by Crippen LogP contribution is 2.29. The van der Waals surface area contributed by atoms with Crippen LogP contribution in [0.4, 0.5) is 11.5 Å². The molecule has 0 saturated carbocycles. The van der Waals surface area contributed by atoms with E-state index in [0.29, 0.717) is 16.4 Å². The average molecular weight is 436 g/mol. The van der Waals surface area contributed by atoms with Crippen LogP contribution in [-0.2, 0) is 13.0 Å². The third kappa shape index (κ3) is 4.58. The number of carbonyl (C=O) groups is 1. The molecule has 1 saturated heterocycles. The maximum absolute atomic E-state index is 13.1. The van der Waals surface area contributed by atoms with Crippen molar-refractivity contribution in [1.29, 1.82) is 0 Å². The summed E-state index contributed by atoms with van der Waals surface area (Å²) < 4.78 is 0. The van der Waals surface area contributed by atoms with Crippen molar-refractivity contribution in [3.63, 3.8) is 0 Å². The van der Waals surface area contributed by atoms with Crippen LogP contribution in [0.25, 0.3) is 0 Å². The fraction of sp³-hybridized carbons (Fsp3) is 0.280. The van der Waals surface area contributed by atoms with E-state index in [1.807, 2.05) is 61.5 Å². The fourth-order valence-corrected chi connectivity index (χ4v) is 4.33. The summed E-state index contributed by atoms with van der Waals surface area (Å²) in [6.07, 6.45) is 3.45. The van der Waals surface area contributed by atoms with Crippen LogP contribution in [0.2, 0.25) is 5.02 Å². The molecule has 0 aliphatic carbocycles. The van der Waals surface area contributed by atoms with Crippen LogP contribution in [0.1, 0.15) is 40.4 Å². The normalized spacial score (nSPS) is 15.8. The number of aliphatic hydroxyl groups excluding tert-OH is 1. The molecule has 2 N–H and O–H groups in total. The van der Waals surface area contributed by atoms with Gasteiger partial charge in [-0.2, -0.15) is 0 Å². The molecule has 2 heterocycles. The van der Waals surface area contributed by atoms with Crippen LogP contribution < -0.4 is 10.2 Å². The molecule has 2 aromatic carbocycles. The maximum atomic E-state index is 13.1. The van der Waals surface area contributed by atoms with Crippen molar-refractivity contribution >= 4 is 28.9 Å². The van der Waals surface area contributed by atoms with Crippen molar-refractivity contribution in [2.45, 2.75) is 32.4 Å². The molecular weight excluding hydrogens is 410 g/mol. The number of anilines is 2. The lowest BCUT2D eigenvalue weighted by Gasteiger charge is -2.22. The second kappa shape index (κ2) is 9.50. The Morgan fingerprint density at radius 3 is 2.81 bits per heavy atom. The molecule has 0 unspecified atom stereocenters. The van der Waals surface area contributed by atoms with Crippen molar-refractivity contribution in [1.82, 2.24) is 4.98 Å². The lowest BCUT2D eigenvalue weighted by atomic mass is 9.95. The minimum Gasteiger partial charge on any atom is -0.392 e. The summed E-state index contributed by atoms with van der Waals surface area (Å²) in [5.41, 5.74) is 4.07. The summed E-state index contributed by atoms with van der Waals surface area (Å²) in [6.45, 7) is 3.55. The number of aryl methyl sites for hydroxylation is 1. The minimum absolute atomic E-state index is 0.00976.